The maximum absolute atomic E-state index is 4.00. The summed E-state index contributed by atoms with van der Waals surface area (Å²) in [5, 5.41) is 8.14. The van der Waals surface area contributed by atoms with E-state index in [-0.39, 0.29) is 0 Å². The predicted molar refractivity (Wildman–Crippen MR) is 80.0 cm³/mol. The Hall–Kier alpha value is -2.52. The van der Waals surface area contributed by atoms with Crippen molar-refractivity contribution in [1.29, 1.82) is 0 Å². The lowest BCUT2D eigenvalue weighted by atomic mass is 9.95. The van der Waals surface area contributed by atoms with E-state index in [1.165, 1.54) is 32.3 Å². The van der Waals surface area contributed by atoms with Gasteiger partial charge in [0, 0.05) is 0 Å². The molecule has 0 radical (unpaired) electrons. The molecule has 0 unspecified atom stereocenters. The molecular formula is C18H12. The largest absolute Gasteiger partial charge is 0.124 e. The quantitative estimate of drug-likeness (QED) is 0.298. The summed E-state index contributed by atoms with van der Waals surface area (Å²) < 4.78 is 0. The third-order valence-electron chi connectivity index (χ3n) is 3.39. The first kappa shape index (κ1) is 10.6. The van der Waals surface area contributed by atoms with Gasteiger partial charge in [0.15, 0.2) is 0 Å². The minimum atomic E-state index is 1.34. The topological polar surface area (TPSA) is 0 Å². The smallest absolute Gasteiger partial charge is 0.00268 e. The van der Waals surface area contributed by atoms with Crippen LogP contribution in [0.1, 0.15) is 0 Å². The molecule has 0 bridgehead atoms. The Morgan fingerprint density at radius 3 is 1.00 bits per heavy atom. The molecule has 0 saturated carbocycles. The highest BCUT2D eigenvalue weighted by atomic mass is 14.1. The molecule has 0 fully saturated rings. The van der Waals surface area contributed by atoms with Crippen LogP contribution in [-0.2, 0) is 0 Å². The molecule has 0 aromatic heterocycles. The van der Waals surface area contributed by atoms with Crippen molar-refractivity contribution in [3.8, 4) is 12.8 Å². The molecule has 0 aliphatic carbocycles. The highest BCUT2D eigenvalue weighted by Gasteiger charge is 2.05. The molecule has 4 aromatic rings. The highest BCUT2D eigenvalue weighted by Crippen LogP contribution is 2.33. The van der Waals surface area contributed by atoms with Crippen molar-refractivity contribution in [2.24, 2.45) is 0 Å². The fourth-order valence-electron chi connectivity index (χ4n) is 2.67. The molecule has 0 N–H and O–H groups in total. The number of benzene rings is 4. The van der Waals surface area contributed by atoms with Crippen LogP contribution in [0.4, 0.5) is 0 Å². The van der Waals surface area contributed by atoms with E-state index in [4.69, 9.17) is 0 Å². The first-order valence-corrected chi connectivity index (χ1v) is 5.89. The van der Waals surface area contributed by atoms with E-state index < -0.39 is 0 Å². The van der Waals surface area contributed by atoms with E-state index in [1.807, 2.05) is 0 Å². The average molecular weight is 228 g/mol. The third kappa shape index (κ3) is 1.35. The maximum Gasteiger partial charge on any atom is -0.00268 e. The summed E-state index contributed by atoms with van der Waals surface area (Å²) in [7, 11) is 0. The number of hydrogen-bond donors (Lipinski definition) is 0. The van der Waals surface area contributed by atoms with Crippen molar-refractivity contribution in [3.63, 3.8) is 0 Å². The lowest BCUT2D eigenvalue weighted by Gasteiger charge is -2.09. The van der Waals surface area contributed by atoms with Crippen LogP contribution >= 0.6 is 0 Å². The fourth-order valence-corrected chi connectivity index (χ4v) is 2.67. The van der Waals surface area contributed by atoms with E-state index in [9.17, 15) is 0 Å². The molecule has 0 amide bonds. The summed E-state index contributed by atoms with van der Waals surface area (Å²) in [6.07, 6.45) is 8.00. The monoisotopic (exact) mass is 228 g/mol. The molecular weight excluding hydrogens is 216 g/mol. The van der Waals surface area contributed by atoms with Crippen molar-refractivity contribution < 1.29 is 0 Å². The van der Waals surface area contributed by atoms with Gasteiger partial charge in [-0.1, -0.05) is 60.7 Å². The highest BCUT2D eigenvalue weighted by molar-refractivity contribution is 6.22. The average Bonchev–Trinajstić information content (AvgIpc) is 2.47. The van der Waals surface area contributed by atoms with Crippen LogP contribution < -0.4 is 0 Å². The van der Waals surface area contributed by atoms with Crippen molar-refractivity contribution in [3.05, 3.63) is 60.7 Å². The van der Waals surface area contributed by atoms with Crippen LogP contribution in [0.3, 0.4) is 0 Å². The first-order chi connectivity index (χ1) is 8.93. The normalized spacial score (nSPS) is 10.6. The predicted octanol–water partition coefficient (Wildman–Crippen LogP) is 4.83. The van der Waals surface area contributed by atoms with E-state index in [2.05, 4.69) is 73.5 Å². The van der Waals surface area contributed by atoms with Gasteiger partial charge in [0.1, 0.15) is 0 Å². The van der Waals surface area contributed by atoms with Crippen LogP contribution in [-0.4, -0.2) is 0 Å². The van der Waals surface area contributed by atoms with Gasteiger partial charge in [-0.25, -0.2) is 0 Å². The van der Waals surface area contributed by atoms with Crippen molar-refractivity contribution in [2.45, 2.75) is 0 Å². The van der Waals surface area contributed by atoms with E-state index in [1.54, 1.807) is 0 Å². The van der Waals surface area contributed by atoms with Crippen molar-refractivity contribution >= 4 is 32.3 Å². The van der Waals surface area contributed by atoms with Crippen LogP contribution in [0.15, 0.2) is 60.7 Å². The van der Waals surface area contributed by atoms with Gasteiger partial charge < -0.3 is 0 Å². The van der Waals surface area contributed by atoms with Gasteiger partial charge in [-0.3, -0.25) is 0 Å². The Balaban J connectivity index is 0.000000478. The van der Waals surface area contributed by atoms with Crippen LogP contribution in [0.25, 0.3) is 32.3 Å². The Morgan fingerprint density at radius 2 is 0.722 bits per heavy atom. The lowest BCUT2D eigenvalue weighted by Crippen LogP contribution is -1.82. The van der Waals surface area contributed by atoms with Gasteiger partial charge in [-0.2, -0.15) is 0 Å². The van der Waals surface area contributed by atoms with Crippen molar-refractivity contribution in [1.82, 2.24) is 0 Å². The molecule has 84 valence electrons. The first-order valence-electron chi connectivity index (χ1n) is 5.89. The van der Waals surface area contributed by atoms with Gasteiger partial charge in [-0.15, -0.1) is 12.8 Å². The van der Waals surface area contributed by atoms with Gasteiger partial charge in [0.25, 0.3) is 0 Å². The molecule has 0 spiro atoms. The summed E-state index contributed by atoms with van der Waals surface area (Å²) >= 11 is 0. The van der Waals surface area contributed by atoms with E-state index in [0.717, 1.165) is 0 Å². The Morgan fingerprint density at radius 1 is 0.444 bits per heavy atom. The van der Waals surface area contributed by atoms with Crippen LogP contribution in [0.5, 0.6) is 0 Å². The van der Waals surface area contributed by atoms with E-state index in [0.29, 0.717) is 0 Å². The molecule has 4 rings (SSSR count). The molecule has 18 heavy (non-hydrogen) atoms. The van der Waals surface area contributed by atoms with Crippen LogP contribution in [0, 0.1) is 12.8 Å². The second-order valence-corrected chi connectivity index (χ2v) is 4.29. The molecule has 4 aromatic carbocycles. The maximum atomic E-state index is 4.00. The van der Waals surface area contributed by atoms with Gasteiger partial charge in [0.2, 0.25) is 0 Å². The summed E-state index contributed by atoms with van der Waals surface area (Å²) in [6.45, 7) is 0. The van der Waals surface area contributed by atoms with Gasteiger partial charge >= 0.3 is 0 Å². The standard InChI is InChI=1S/C16H10.C2H2/c1-3-11-7-9-13-5-2-6-14-10-8-12(4-1)15(11)16(13)14;1-2/h1-10H;1-2H. The number of rotatable bonds is 0. The second kappa shape index (κ2) is 4.05. The Bertz CT molecular complexity index is 707. The summed E-state index contributed by atoms with van der Waals surface area (Å²) in [6, 6.07) is 21.9. The Labute approximate surface area is 106 Å². The molecule has 0 aliphatic heterocycles. The zero-order valence-electron chi connectivity index (χ0n) is 9.93. The van der Waals surface area contributed by atoms with Gasteiger partial charge in [-0.05, 0) is 32.3 Å². The Kier molecular flexibility index (Phi) is 2.39. The van der Waals surface area contributed by atoms with Crippen LogP contribution in [0.2, 0.25) is 0 Å². The van der Waals surface area contributed by atoms with E-state index >= 15 is 0 Å². The molecule has 0 aliphatic rings. The summed E-state index contributed by atoms with van der Waals surface area (Å²) in [4.78, 5) is 0. The molecule has 0 nitrogen and oxygen atoms in total. The molecule has 0 saturated heterocycles. The molecule has 0 heterocycles. The molecule has 0 atom stereocenters. The zero-order chi connectivity index (χ0) is 12.5. The number of hydrogen-bond acceptors (Lipinski definition) is 0. The summed E-state index contributed by atoms with van der Waals surface area (Å²) in [5.74, 6) is 0. The second-order valence-electron chi connectivity index (χ2n) is 4.29. The lowest BCUT2D eigenvalue weighted by molar-refractivity contribution is 1.78. The molecule has 0 heteroatoms. The third-order valence-corrected chi connectivity index (χ3v) is 3.39. The fraction of sp³-hybridized carbons (Fsp3) is 0. The SMILES string of the molecule is C#C.c1cc2ccc3cccc4ccc(c1)c2c34. The van der Waals surface area contributed by atoms with Gasteiger partial charge in [0.05, 0.1) is 0 Å². The number of terminal acetylenes is 1. The summed E-state index contributed by atoms with van der Waals surface area (Å²) in [5.41, 5.74) is 0. The zero-order valence-corrected chi connectivity index (χ0v) is 9.93. The van der Waals surface area contributed by atoms with Crippen molar-refractivity contribution in [2.75, 3.05) is 0 Å². The minimum Gasteiger partial charge on any atom is -0.124 e. The minimum absolute atomic E-state index is 1.34.